The van der Waals surface area contributed by atoms with Gasteiger partial charge < -0.3 is 10.2 Å². The number of aryl methyl sites for hydroxylation is 1. The molecule has 1 heterocycles. The van der Waals surface area contributed by atoms with Crippen LogP contribution in [-0.4, -0.2) is 42.0 Å². The van der Waals surface area contributed by atoms with Crippen LogP contribution in [0.3, 0.4) is 0 Å². The number of nitrogens with one attached hydrogen (secondary N) is 1. The summed E-state index contributed by atoms with van der Waals surface area (Å²) in [4.78, 5) is 16.9. The van der Waals surface area contributed by atoms with Gasteiger partial charge in [0, 0.05) is 42.9 Å². The van der Waals surface area contributed by atoms with Crippen molar-refractivity contribution in [2.24, 2.45) is 0 Å². The molecule has 5 heteroatoms. The summed E-state index contributed by atoms with van der Waals surface area (Å²) in [5.74, 6) is 0. The van der Waals surface area contributed by atoms with E-state index in [4.69, 9.17) is 0 Å². The van der Waals surface area contributed by atoms with Gasteiger partial charge in [-0.2, -0.15) is 0 Å². The van der Waals surface area contributed by atoms with E-state index in [2.05, 4.69) is 44.3 Å². The van der Waals surface area contributed by atoms with Crippen molar-refractivity contribution >= 4 is 27.6 Å². The van der Waals surface area contributed by atoms with Gasteiger partial charge >= 0.3 is 6.03 Å². The second-order valence-corrected chi connectivity index (χ2v) is 7.46. The van der Waals surface area contributed by atoms with Crippen LogP contribution in [0, 0.1) is 6.92 Å². The highest BCUT2D eigenvalue weighted by molar-refractivity contribution is 9.10. The predicted molar refractivity (Wildman–Crippen MR) is 106 cm³/mol. The summed E-state index contributed by atoms with van der Waals surface area (Å²) in [6.45, 7) is 6.42. The van der Waals surface area contributed by atoms with Crippen molar-refractivity contribution in [3.8, 4) is 0 Å². The summed E-state index contributed by atoms with van der Waals surface area (Å²) in [6, 6.07) is 16.3. The first kappa shape index (κ1) is 18.0. The van der Waals surface area contributed by atoms with E-state index in [-0.39, 0.29) is 6.03 Å². The number of urea groups is 1. The van der Waals surface area contributed by atoms with Crippen LogP contribution < -0.4 is 5.32 Å². The second-order valence-electron chi connectivity index (χ2n) is 6.55. The third kappa shape index (κ3) is 5.31. The van der Waals surface area contributed by atoms with Crippen LogP contribution in [0.5, 0.6) is 0 Å². The lowest BCUT2D eigenvalue weighted by Gasteiger charge is -2.22. The van der Waals surface area contributed by atoms with Gasteiger partial charge in [0.25, 0.3) is 0 Å². The molecule has 1 N–H and O–H groups in total. The van der Waals surface area contributed by atoms with Crippen LogP contribution in [0.1, 0.15) is 17.5 Å². The number of hydrogen-bond donors (Lipinski definition) is 1. The fraction of sp³-hybridized carbons (Fsp3) is 0.350. The van der Waals surface area contributed by atoms with Gasteiger partial charge in [0.15, 0.2) is 0 Å². The molecular formula is C20H24BrN3O. The summed E-state index contributed by atoms with van der Waals surface area (Å²) in [5.41, 5.74) is 3.31. The number of halogens is 1. The fourth-order valence-electron chi connectivity index (χ4n) is 3.15. The summed E-state index contributed by atoms with van der Waals surface area (Å²) in [6.07, 6.45) is 0.995. The molecule has 0 saturated carbocycles. The Morgan fingerprint density at radius 3 is 2.72 bits per heavy atom. The van der Waals surface area contributed by atoms with E-state index >= 15 is 0 Å². The van der Waals surface area contributed by atoms with Crippen molar-refractivity contribution in [3.63, 3.8) is 0 Å². The first-order valence-corrected chi connectivity index (χ1v) is 9.49. The van der Waals surface area contributed by atoms with Gasteiger partial charge in [0.1, 0.15) is 0 Å². The van der Waals surface area contributed by atoms with Crippen molar-refractivity contribution in [1.82, 2.24) is 9.80 Å². The largest absolute Gasteiger partial charge is 0.323 e. The maximum absolute atomic E-state index is 12.5. The van der Waals surface area contributed by atoms with Gasteiger partial charge in [-0.1, -0.05) is 40.2 Å². The van der Waals surface area contributed by atoms with Gasteiger partial charge in [-0.15, -0.1) is 0 Å². The number of amides is 2. The lowest BCUT2D eigenvalue weighted by molar-refractivity contribution is 0.211. The maximum Gasteiger partial charge on any atom is 0.321 e. The van der Waals surface area contributed by atoms with Crippen molar-refractivity contribution in [2.45, 2.75) is 19.9 Å². The van der Waals surface area contributed by atoms with Crippen LogP contribution in [0.2, 0.25) is 0 Å². The molecule has 132 valence electrons. The molecule has 0 aromatic heterocycles. The van der Waals surface area contributed by atoms with Crippen molar-refractivity contribution in [1.29, 1.82) is 0 Å². The number of benzene rings is 2. The molecule has 2 aromatic carbocycles. The van der Waals surface area contributed by atoms with Gasteiger partial charge in [-0.05, 0) is 48.7 Å². The predicted octanol–water partition coefficient (Wildman–Crippen LogP) is 4.50. The van der Waals surface area contributed by atoms with E-state index in [9.17, 15) is 4.79 Å². The lowest BCUT2D eigenvalue weighted by atomic mass is 10.2. The molecule has 0 atom stereocenters. The first-order chi connectivity index (χ1) is 12.1. The third-order valence-corrected chi connectivity index (χ3v) is 4.93. The average Bonchev–Trinajstić information content (AvgIpc) is 2.80. The van der Waals surface area contributed by atoms with E-state index in [1.54, 1.807) is 0 Å². The van der Waals surface area contributed by atoms with Gasteiger partial charge in [0.2, 0.25) is 0 Å². The molecule has 25 heavy (non-hydrogen) atoms. The molecule has 0 aliphatic carbocycles. The third-order valence-electron chi connectivity index (χ3n) is 4.44. The molecule has 1 saturated heterocycles. The van der Waals surface area contributed by atoms with Crippen LogP contribution >= 0.6 is 15.9 Å². The molecule has 1 fully saturated rings. The molecule has 0 bridgehead atoms. The lowest BCUT2D eigenvalue weighted by Crippen LogP contribution is -2.38. The Labute approximate surface area is 158 Å². The van der Waals surface area contributed by atoms with Crippen LogP contribution in [0.15, 0.2) is 53.0 Å². The van der Waals surface area contributed by atoms with Gasteiger partial charge in [0.05, 0.1) is 0 Å². The van der Waals surface area contributed by atoms with Crippen LogP contribution in [0.25, 0.3) is 0 Å². The quantitative estimate of drug-likeness (QED) is 0.821. The Hall–Kier alpha value is -1.85. The Bertz CT molecular complexity index is 734. The molecule has 4 nitrogen and oxygen atoms in total. The number of hydrogen-bond acceptors (Lipinski definition) is 2. The van der Waals surface area contributed by atoms with Crippen LogP contribution in [-0.2, 0) is 6.54 Å². The maximum atomic E-state index is 12.5. The zero-order chi connectivity index (χ0) is 17.6. The van der Waals surface area contributed by atoms with Crippen LogP contribution in [0.4, 0.5) is 10.5 Å². The smallest absolute Gasteiger partial charge is 0.321 e. The molecule has 0 radical (unpaired) electrons. The Kier molecular flexibility index (Phi) is 6.10. The Morgan fingerprint density at radius 1 is 1.08 bits per heavy atom. The van der Waals surface area contributed by atoms with E-state index in [1.807, 2.05) is 42.2 Å². The van der Waals surface area contributed by atoms with E-state index in [0.717, 1.165) is 54.9 Å². The van der Waals surface area contributed by atoms with Crippen molar-refractivity contribution in [2.75, 3.05) is 31.5 Å². The zero-order valence-corrected chi connectivity index (χ0v) is 16.1. The summed E-state index contributed by atoms with van der Waals surface area (Å²) < 4.78 is 1.11. The number of rotatable bonds is 3. The molecule has 2 amide bonds. The zero-order valence-electron chi connectivity index (χ0n) is 14.5. The molecule has 2 aromatic rings. The number of nitrogens with zero attached hydrogens (tertiary/aromatic N) is 2. The highest BCUT2D eigenvalue weighted by Gasteiger charge is 2.19. The Morgan fingerprint density at radius 2 is 1.92 bits per heavy atom. The molecule has 3 rings (SSSR count). The standard InChI is InChI=1S/C20H24BrN3O/c1-16-5-2-8-19(13-16)22-20(25)24-10-4-9-23(11-12-24)15-17-6-3-7-18(21)14-17/h2-3,5-8,13-14H,4,9-12,15H2,1H3,(H,22,25). The molecule has 0 unspecified atom stereocenters. The number of carbonyl (C=O) groups excluding carboxylic acids is 1. The van der Waals surface area contributed by atoms with Crippen molar-refractivity contribution in [3.05, 3.63) is 64.1 Å². The summed E-state index contributed by atoms with van der Waals surface area (Å²) >= 11 is 3.53. The van der Waals surface area contributed by atoms with E-state index in [0.29, 0.717) is 0 Å². The second kappa shape index (κ2) is 8.50. The highest BCUT2D eigenvalue weighted by atomic mass is 79.9. The molecular weight excluding hydrogens is 378 g/mol. The summed E-state index contributed by atoms with van der Waals surface area (Å²) in [5, 5.41) is 3.01. The van der Waals surface area contributed by atoms with Crippen molar-refractivity contribution < 1.29 is 4.79 Å². The SMILES string of the molecule is Cc1cccc(NC(=O)N2CCCN(Cc3cccc(Br)c3)CC2)c1. The molecule has 1 aliphatic heterocycles. The van der Waals surface area contributed by atoms with Gasteiger partial charge in [-0.3, -0.25) is 4.90 Å². The topological polar surface area (TPSA) is 35.6 Å². The van der Waals surface area contributed by atoms with E-state index < -0.39 is 0 Å². The normalized spacial score (nSPS) is 15.7. The monoisotopic (exact) mass is 401 g/mol. The minimum Gasteiger partial charge on any atom is -0.323 e. The highest BCUT2D eigenvalue weighted by Crippen LogP contribution is 2.15. The Balaban J connectivity index is 1.55. The minimum atomic E-state index is -0.00472. The fourth-order valence-corrected chi connectivity index (χ4v) is 3.60. The van der Waals surface area contributed by atoms with Gasteiger partial charge in [-0.25, -0.2) is 4.79 Å². The molecule has 0 spiro atoms. The number of anilines is 1. The first-order valence-electron chi connectivity index (χ1n) is 8.69. The molecule has 1 aliphatic rings. The summed E-state index contributed by atoms with van der Waals surface area (Å²) in [7, 11) is 0. The van der Waals surface area contributed by atoms with E-state index in [1.165, 1.54) is 5.56 Å². The minimum absolute atomic E-state index is 0.00472. The average molecular weight is 402 g/mol. The number of carbonyl (C=O) groups is 1.